The number of aromatic amines is 1. The molecule has 176 valence electrons. The number of H-pyrrole nitrogens is 1. The molecule has 5 rings (SSSR count). The van der Waals surface area contributed by atoms with Gasteiger partial charge in [-0.2, -0.15) is 0 Å². The molecule has 1 N–H and O–H groups in total. The molecule has 7 nitrogen and oxygen atoms in total. The number of tetrazole rings is 1. The quantitative estimate of drug-likeness (QED) is 0.426. The van der Waals surface area contributed by atoms with Gasteiger partial charge in [-0.25, -0.2) is 4.68 Å². The lowest BCUT2D eigenvalue weighted by atomic mass is 9.95. The van der Waals surface area contributed by atoms with E-state index >= 15 is 0 Å². The summed E-state index contributed by atoms with van der Waals surface area (Å²) in [5.74, 6) is 0.752. The lowest BCUT2D eigenvalue weighted by Crippen LogP contribution is -2.35. The highest BCUT2D eigenvalue weighted by atomic mass is 16.1. The Hall–Kier alpha value is -3.32. The normalized spacial score (nSPS) is 15.7. The number of benzene rings is 2. The van der Waals surface area contributed by atoms with Gasteiger partial charge < -0.3 is 4.98 Å². The fourth-order valence-corrected chi connectivity index (χ4v) is 5.27. The van der Waals surface area contributed by atoms with E-state index in [9.17, 15) is 4.79 Å². The molecular weight excluding hydrogens is 424 g/mol. The summed E-state index contributed by atoms with van der Waals surface area (Å²) in [7, 11) is 0. The SMILES string of the molecule is CCN(Cc1ccccc1)[C@@H](c1cc2cccc(C)c2[nH]c1=O)c1nnnn1C1CCCCC1. The standard InChI is InChI=1S/C27H32N6O/c1-3-32(18-20-12-6-4-7-13-20)25(26-29-30-31-33(26)22-15-8-5-9-16-22)23-17-21-14-10-11-19(2)24(21)28-27(23)34/h4,6-7,10-14,17,22,25H,3,5,8-9,15-16,18H2,1-2H3,(H,28,34)/t25-/m0/s1. The molecule has 1 saturated carbocycles. The average molecular weight is 457 g/mol. The Morgan fingerprint density at radius 2 is 1.88 bits per heavy atom. The number of hydrogen-bond donors (Lipinski definition) is 1. The van der Waals surface area contributed by atoms with Crippen LogP contribution in [0.15, 0.2) is 59.4 Å². The van der Waals surface area contributed by atoms with Gasteiger partial charge >= 0.3 is 0 Å². The molecular formula is C27H32N6O. The molecule has 0 saturated heterocycles. The average Bonchev–Trinajstić information content (AvgIpc) is 3.35. The maximum Gasteiger partial charge on any atom is 0.253 e. The van der Waals surface area contributed by atoms with Gasteiger partial charge in [0.1, 0.15) is 6.04 Å². The monoisotopic (exact) mass is 456 g/mol. The third-order valence-corrected chi connectivity index (χ3v) is 7.09. The largest absolute Gasteiger partial charge is 0.321 e. The molecule has 0 amide bonds. The minimum atomic E-state index is -0.351. The molecule has 0 unspecified atom stereocenters. The van der Waals surface area contributed by atoms with Gasteiger partial charge in [-0.1, -0.05) is 74.7 Å². The molecule has 1 fully saturated rings. The van der Waals surface area contributed by atoms with Crippen LogP contribution in [0.5, 0.6) is 0 Å². The zero-order valence-electron chi connectivity index (χ0n) is 19.9. The van der Waals surface area contributed by atoms with E-state index in [-0.39, 0.29) is 17.6 Å². The maximum atomic E-state index is 13.5. The van der Waals surface area contributed by atoms with Gasteiger partial charge in [0.15, 0.2) is 5.82 Å². The Bertz CT molecular complexity index is 1310. The fourth-order valence-electron chi connectivity index (χ4n) is 5.27. The van der Waals surface area contributed by atoms with Gasteiger partial charge in [-0.3, -0.25) is 9.69 Å². The summed E-state index contributed by atoms with van der Waals surface area (Å²) in [5, 5.41) is 14.1. The Kier molecular flexibility index (Phi) is 6.54. The molecule has 0 radical (unpaired) electrons. The Balaban J connectivity index is 1.65. The highest BCUT2D eigenvalue weighted by Crippen LogP contribution is 2.33. The Morgan fingerprint density at radius 3 is 2.65 bits per heavy atom. The predicted octanol–water partition coefficient (Wildman–Crippen LogP) is 4.94. The van der Waals surface area contributed by atoms with Crippen molar-refractivity contribution in [2.45, 2.75) is 64.6 Å². The van der Waals surface area contributed by atoms with Crippen LogP contribution in [-0.2, 0) is 6.54 Å². The summed E-state index contributed by atoms with van der Waals surface area (Å²) >= 11 is 0. The van der Waals surface area contributed by atoms with Gasteiger partial charge in [-0.05, 0) is 59.3 Å². The number of aromatic nitrogens is 5. The van der Waals surface area contributed by atoms with Gasteiger partial charge in [0.25, 0.3) is 5.56 Å². The molecule has 2 aromatic carbocycles. The molecule has 1 atom stereocenters. The van der Waals surface area contributed by atoms with Crippen LogP contribution in [-0.4, -0.2) is 36.6 Å². The number of aryl methyl sites for hydroxylation is 1. The summed E-state index contributed by atoms with van der Waals surface area (Å²) < 4.78 is 2.00. The van der Waals surface area contributed by atoms with E-state index in [4.69, 9.17) is 0 Å². The minimum absolute atomic E-state index is 0.0866. The highest BCUT2D eigenvalue weighted by molar-refractivity contribution is 5.82. The first-order valence-corrected chi connectivity index (χ1v) is 12.3. The highest BCUT2D eigenvalue weighted by Gasteiger charge is 2.32. The number of para-hydroxylation sites is 1. The molecule has 2 aromatic heterocycles. The van der Waals surface area contributed by atoms with Crippen LogP contribution >= 0.6 is 0 Å². The second-order valence-electron chi connectivity index (χ2n) is 9.32. The van der Waals surface area contributed by atoms with E-state index in [1.165, 1.54) is 24.8 Å². The first kappa shape index (κ1) is 22.5. The second-order valence-corrected chi connectivity index (χ2v) is 9.32. The zero-order valence-corrected chi connectivity index (χ0v) is 19.9. The van der Waals surface area contributed by atoms with Crippen LogP contribution in [0.1, 0.15) is 73.6 Å². The van der Waals surface area contributed by atoms with Crippen LogP contribution in [0.2, 0.25) is 0 Å². The van der Waals surface area contributed by atoms with E-state index in [0.717, 1.165) is 41.7 Å². The van der Waals surface area contributed by atoms with E-state index in [1.807, 2.05) is 35.9 Å². The van der Waals surface area contributed by atoms with Gasteiger partial charge in [0.05, 0.1) is 11.6 Å². The van der Waals surface area contributed by atoms with Crippen LogP contribution in [0, 0.1) is 6.92 Å². The maximum absolute atomic E-state index is 13.5. The third kappa shape index (κ3) is 4.40. The lowest BCUT2D eigenvalue weighted by Gasteiger charge is -2.32. The van der Waals surface area contributed by atoms with Crippen LogP contribution in [0.4, 0.5) is 0 Å². The van der Waals surface area contributed by atoms with E-state index in [1.54, 1.807) is 0 Å². The van der Waals surface area contributed by atoms with Crippen molar-refractivity contribution in [2.75, 3.05) is 6.54 Å². The fraction of sp³-hybridized carbons (Fsp3) is 0.407. The Labute approximate surface area is 199 Å². The summed E-state index contributed by atoms with van der Waals surface area (Å²) in [5.41, 5.74) is 3.73. The van der Waals surface area contributed by atoms with Crippen molar-refractivity contribution < 1.29 is 0 Å². The van der Waals surface area contributed by atoms with Crippen LogP contribution in [0.3, 0.4) is 0 Å². The predicted molar refractivity (Wildman–Crippen MR) is 134 cm³/mol. The molecule has 7 heteroatoms. The van der Waals surface area contributed by atoms with Crippen molar-refractivity contribution in [1.29, 1.82) is 0 Å². The van der Waals surface area contributed by atoms with Crippen molar-refractivity contribution in [3.8, 4) is 0 Å². The van der Waals surface area contributed by atoms with Crippen molar-refractivity contribution in [1.82, 2.24) is 30.1 Å². The van der Waals surface area contributed by atoms with Gasteiger partial charge in [0.2, 0.25) is 0 Å². The van der Waals surface area contributed by atoms with E-state index < -0.39 is 0 Å². The number of fused-ring (bicyclic) bond motifs is 1. The first-order valence-electron chi connectivity index (χ1n) is 12.3. The third-order valence-electron chi connectivity index (χ3n) is 7.09. The first-order chi connectivity index (χ1) is 16.7. The minimum Gasteiger partial charge on any atom is -0.321 e. The van der Waals surface area contributed by atoms with Gasteiger partial charge in [-0.15, -0.1) is 5.10 Å². The number of nitrogens with one attached hydrogen (secondary N) is 1. The van der Waals surface area contributed by atoms with Crippen molar-refractivity contribution in [2.24, 2.45) is 0 Å². The van der Waals surface area contributed by atoms with Crippen molar-refractivity contribution in [3.05, 3.63) is 87.5 Å². The summed E-state index contributed by atoms with van der Waals surface area (Å²) in [6, 6.07) is 18.4. The molecule has 0 bridgehead atoms. The number of hydrogen-bond acceptors (Lipinski definition) is 5. The van der Waals surface area contributed by atoms with Gasteiger partial charge in [0, 0.05) is 12.1 Å². The molecule has 2 heterocycles. The molecule has 4 aromatic rings. The van der Waals surface area contributed by atoms with E-state index in [0.29, 0.717) is 12.1 Å². The van der Waals surface area contributed by atoms with Crippen molar-refractivity contribution in [3.63, 3.8) is 0 Å². The Morgan fingerprint density at radius 1 is 1.09 bits per heavy atom. The molecule has 0 aliphatic heterocycles. The van der Waals surface area contributed by atoms with Crippen LogP contribution < -0.4 is 5.56 Å². The molecule has 1 aliphatic carbocycles. The summed E-state index contributed by atoms with van der Waals surface area (Å²) in [6.45, 7) is 5.60. The smallest absolute Gasteiger partial charge is 0.253 e. The molecule has 1 aliphatic rings. The van der Waals surface area contributed by atoms with E-state index in [2.05, 4.69) is 62.7 Å². The molecule has 0 spiro atoms. The van der Waals surface area contributed by atoms with Crippen LogP contribution in [0.25, 0.3) is 10.9 Å². The zero-order chi connectivity index (χ0) is 23.5. The second kappa shape index (κ2) is 9.89. The topological polar surface area (TPSA) is 79.7 Å². The summed E-state index contributed by atoms with van der Waals surface area (Å²) in [6.07, 6.45) is 5.78. The number of rotatable bonds is 7. The number of pyridine rings is 1. The number of nitrogens with zero attached hydrogens (tertiary/aromatic N) is 5. The summed E-state index contributed by atoms with van der Waals surface area (Å²) in [4.78, 5) is 19.0. The molecule has 34 heavy (non-hydrogen) atoms. The lowest BCUT2D eigenvalue weighted by molar-refractivity contribution is 0.204. The van der Waals surface area contributed by atoms with Crippen molar-refractivity contribution >= 4 is 10.9 Å².